The molecule has 0 unspecified atom stereocenters. The van der Waals surface area contributed by atoms with Crippen LogP contribution in [0.4, 0.5) is 0 Å². The van der Waals surface area contributed by atoms with E-state index < -0.39 is 0 Å². The van der Waals surface area contributed by atoms with Crippen LogP contribution in [0, 0.1) is 5.92 Å². The summed E-state index contributed by atoms with van der Waals surface area (Å²) in [7, 11) is 2.04. The van der Waals surface area contributed by atoms with Crippen LogP contribution in [0.15, 0.2) is 0 Å². The van der Waals surface area contributed by atoms with E-state index in [1.54, 1.807) is 0 Å². The lowest BCUT2D eigenvalue weighted by atomic mass is 10.1. The predicted octanol–water partition coefficient (Wildman–Crippen LogP) is 1.21. The second-order valence-electron chi connectivity index (χ2n) is 2.71. The maximum Gasteiger partial charge on any atom is 0.106 e. The van der Waals surface area contributed by atoms with Crippen molar-refractivity contribution in [2.45, 2.75) is 25.7 Å². The highest BCUT2D eigenvalue weighted by Crippen LogP contribution is 2.23. The minimum atomic E-state index is 1.000. The van der Waals surface area contributed by atoms with Gasteiger partial charge in [0.25, 0.3) is 0 Å². The van der Waals surface area contributed by atoms with Gasteiger partial charge in [-0.3, -0.25) is 0 Å². The van der Waals surface area contributed by atoms with E-state index in [2.05, 4.69) is 5.32 Å². The molecule has 0 saturated heterocycles. The number of rotatable bonds is 2. The molecular weight excluding hydrogens is 126 g/mol. The SMILES string of the molecule is C=O.CNCC1CCCC1. The zero-order chi connectivity index (χ0) is 7.82. The van der Waals surface area contributed by atoms with E-state index in [9.17, 15) is 0 Å². The van der Waals surface area contributed by atoms with Crippen LogP contribution in [0.2, 0.25) is 0 Å². The van der Waals surface area contributed by atoms with E-state index in [1.165, 1.54) is 32.2 Å². The molecule has 1 aliphatic carbocycles. The molecule has 0 spiro atoms. The number of hydrogen-bond acceptors (Lipinski definition) is 2. The molecule has 1 N–H and O–H groups in total. The average Bonchev–Trinajstić information content (AvgIpc) is 2.46. The molecule has 60 valence electrons. The second kappa shape index (κ2) is 6.75. The number of carbonyl (C=O) groups excluding carboxylic acids is 1. The Kier molecular flexibility index (Phi) is 6.50. The van der Waals surface area contributed by atoms with Gasteiger partial charge in [0.1, 0.15) is 6.79 Å². The Hall–Kier alpha value is -0.370. The molecule has 10 heavy (non-hydrogen) atoms. The van der Waals surface area contributed by atoms with Gasteiger partial charge in [-0.15, -0.1) is 0 Å². The van der Waals surface area contributed by atoms with Gasteiger partial charge in [-0.05, 0) is 32.4 Å². The molecule has 0 aromatic heterocycles. The summed E-state index contributed by atoms with van der Waals surface area (Å²) >= 11 is 0. The highest BCUT2D eigenvalue weighted by atomic mass is 16.1. The lowest BCUT2D eigenvalue weighted by Crippen LogP contribution is -2.15. The van der Waals surface area contributed by atoms with Gasteiger partial charge >= 0.3 is 0 Å². The van der Waals surface area contributed by atoms with Gasteiger partial charge < -0.3 is 10.1 Å². The van der Waals surface area contributed by atoms with Gasteiger partial charge in [0, 0.05) is 0 Å². The minimum Gasteiger partial charge on any atom is -0.319 e. The standard InChI is InChI=1S/C7H15N.CH2O/c1-8-6-7-4-2-3-5-7;1-2/h7-8H,2-6H2,1H3;1H2. The smallest absolute Gasteiger partial charge is 0.106 e. The van der Waals surface area contributed by atoms with E-state index in [4.69, 9.17) is 4.79 Å². The molecule has 2 heteroatoms. The van der Waals surface area contributed by atoms with Crippen LogP contribution in [0.5, 0.6) is 0 Å². The van der Waals surface area contributed by atoms with E-state index in [0.717, 1.165) is 5.92 Å². The molecule has 0 aromatic carbocycles. The van der Waals surface area contributed by atoms with Crippen molar-refractivity contribution in [1.29, 1.82) is 0 Å². The van der Waals surface area contributed by atoms with Gasteiger partial charge in [-0.1, -0.05) is 12.8 Å². The van der Waals surface area contributed by atoms with Crippen molar-refractivity contribution in [3.63, 3.8) is 0 Å². The fourth-order valence-electron chi connectivity index (χ4n) is 1.50. The fraction of sp³-hybridized carbons (Fsp3) is 0.875. The average molecular weight is 143 g/mol. The van der Waals surface area contributed by atoms with Gasteiger partial charge in [-0.25, -0.2) is 0 Å². The quantitative estimate of drug-likeness (QED) is 0.629. The van der Waals surface area contributed by atoms with Crippen LogP contribution in [0.1, 0.15) is 25.7 Å². The molecule has 1 fully saturated rings. The number of hydrogen-bond donors (Lipinski definition) is 1. The topological polar surface area (TPSA) is 29.1 Å². The molecule has 0 radical (unpaired) electrons. The lowest BCUT2D eigenvalue weighted by molar-refractivity contribution is -0.0979. The van der Waals surface area contributed by atoms with Crippen LogP contribution >= 0.6 is 0 Å². The summed E-state index contributed by atoms with van der Waals surface area (Å²) in [6.45, 7) is 3.24. The summed E-state index contributed by atoms with van der Waals surface area (Å²) in [6, 6.07) is 0. The van der Waals surface area contributed by atoms with E-state index in [-0.39, 0.29) is 0 Å². The maximum absolute atomic E-state index is 8.00. The summed E-state index contributed by atoms with van der Waals surface area (Å²) in [5, 5.41) is 3.21. The Labute approximate surface area is 63.0 Å². The van der Waals surface area contributed by atoms with E-state index in [0.29, 0.717) is 0 Å². The van der Waals surface area contributed by atoms with E-state index in [1.807, 2.05) is 13.8 Å². The van der Waals surface area contributed by atoms with Gasteiger partial charge in [0.15, 0.2) is 0 Å². The van der Waals surface area contributed by atoms with Gasteiger partial charge in [0.05, 0.1) is 0 Å². The third kappa shape index (κ3) is 3.62. The maximum atomic E-state index is 8.00. The van der Waals surface area contributed by atoms with Crippen LogP contribution in [-0.4, -0.2) is 20.4 Å². The molecule has 0 bridgehead atoms. The third-order valence-electron chi connectivity index (χ3n) is 1.97. The minimum absolute atomic E-state index is 1.000. The highest BCUT2D eigenvalue weighted by Gasteiger charge is 2.12. The van der Waals surface area contributed by atoms with Crippen molar-refractivity contribution in [1.82, 2.24) is 5.32 Å². The number of carbonyl (C=O) groups is 1. The summed E-state index contributed by atoms with van der Waals surface area (Å²) in [5.41, 5.74) is 0. The lowest BCUT2D eigenvalue weighted by Gasteiger charge is -2.04. The van der Waals surface area contributed by atoms with Crippen LogP contribution in [0.25, 0.3) is 0 Å². The van der Waals surface area contributed by atoms with Crippen LogP contribution in [0.3, 0.4) is 0 Å². The van der Waals surface area contributed by atoms with Gasteiger partial charge in [-0.2, -0.15) is 0 Å². The summed E-state index contributed by atoms with van der Waals surface area (Å²) < 4.78 is 0. The van der Waals surface area contributed by atoms with Gasteiger partial charge in [0.2, 0.25) is 0 Å². The van der Waals surface area contributed by atoms with Crippen molar-refractivity contribution in [2.75, 3.05) is 13.6 Å². The van der Waals surface area contributed by atoms with E-state index >= 15 is 0 Å². The first-order valence-corrected chi connectivity index (χ1v) is 3.87. The van der Waals surface area contributed by atoms with Crippen molar-refractivity contribution < 1.29 is 4.79 Å². The highest BCUT2D eigenvalue weighted by molar-refractivity contribution is 5.10. The zero-order valence-electron chi connectivity index (χ0n) is 6.73. The molecule has 0 amide bonds. The third-order valence-corrected chi connectivity index (χ3v) is 1.97. The summed E-state index contributed by atoms with van der Waals surface area (Å²) in [5.74, 6) is 1.000. The Bertz CT molecular complexity index is 69.7. The monoisotopic (exact) mass is 143 g/mol. The van der Waals surface area contributed by atoms with Crippen LogP contribution in [-0.2, 0) is 4.79 Å². The number of nitrogens with one attached hydrogen (secondary N) is 1. The summed E-state index contributed by atoms with van der Waals surface area (Å²) in [4.78, 5) is 8.00. The molecule has 1 rings (SSSR count). The second-order valence-corrected chi connectivity index (χ2v) is 2.71. The largest absolute Gasteiger partial charge is 0.319 e. The Morgan fingerprint density at radius 3 is 2.30 bits per heavy atom. The first-order valence-electron chi connectivity index (χ1n) is 3.87. The molecule has 1 aliphatic rings. The molecular formula is C8H17NO. The Morgan fingerprint density at radius 2 is 1.90 bits per heavy atom. The van der Waals surface area contributed by atoms with Crippen LogP contribution < -0.4 is 5.32 Å². The predicted molar refractivity (Wildman–Crippen MR) is 43.0 cm³/mol. The molecule has 0 heterocycles. The fourth-order valence-corrected chi connectivity index (χ4v) is 1.50. The molecule has 0 aliphatic heterocycles. The zero-order valence-corrected chi connectivity index (χ0v) is 6.73. The Balaban J connectivity index is 0.000000371. The van der Waals surface area contributed by atoms with Crippen molar-refractivity contribution in [2.24, 2.45) is 5.92 Å². The van der Waals surface area contributed by atoms with Crippen molar-refractivity contribution in [3.05, 3.63) is 0 Å². The summed E-state index contributed by atoms with van der Waals surface area (Å²) in [6.07, 6.45) is 5.85. The molecule has 2 nitrogen and oxygen atoms in total. The van der Waals surface area contributed by atoms with Crippen molar-refractivity contribution in [3.8, 4) is 0 Å². The van der Waals surface area contributed by atoms with Crippen molar-refractivity contribution >= 4 is 6.79 Å². The Morgan fingerprint density at radius 1 is 1.40 bits per heavy atom. The first-order chi connectivity index (χ1) is 4.93. The molecule has 0 aromatic rings. The molecule has 1 saturated carbocycles. The normalized spacial score (nSPS) is 18.1. The molecule has 0 atom stereocenters. The first kappa shape index (κ1) is 9.63.